The van der Waals surface area contributed by atoms with Crippen LogP contribution < -0.4 is 10.1 Å². The highest BCUT2D eigenvalue weighted by Crippen LogP contribution is 2.20. The molecule has 1 atom stereocenters. The monoisotopic (exact) mass is 384 g/mol. The first-order valence-corrected chi connectivity index (χ1v) is 9.65. The average molecular weight is 384 g/mol. The van der Waals surface area contributed by atoms with Crippen LogP contribution in [0.2, 0.25) is 0 Å². The number of hydrogen-bond acceptors (Lipinski definition) is 5. The van der Waals surface area contributed by atoms with Crippen molar-refractivity contribution in [1.29, 1.82) is 0 Å². The van der Waals surface area contributed by atoms with Gasteiger partial charge in [0.1, 0.15) is 5.75 Å². The Morgan fingerprint density at radius 2 is 1.82 bits per heavy atom. The van der Waals surface area contributed by atoms with Gasteiger partial charge in [0.2, 0.25) is 5.91 Å². The lowest BCUT2D eigenvalue weighted by atomic mass is 10.1. The fourth-order valence-corrected chi connectivity index (χ4v) is 3.22. The summed E-state index contributed by atoms with van der Waals surface area (Å²) in [4.78, 5) is 14.5. The topological polar surface area (TPSA) is 71.0 Å². The maximum atomic E-state index is 12.2. The maximum absolute atomic E-state index is 12.2. The molecule has 6 nitrogen and oxygen atoms in total. The summed E-state index contributed by atoms with van der Waals surface area (Å²) in [7, 11) is 1.62. The molecule has 3 rings (SSSR count). The minimum atomic E-state index is -0.508. The third kappa shape index (κ3) is 6.05. The molecule has 0 aromatic heterocycles. The highest BCUT2D eigenvalue weighted by atomic mass is 16.5. The molecule has 2 aromatic carbocycles. The number of nitrogens with one attached hydrogen (secondary N) is 1. The van der Waals surface area contributed by atoms with E-state index < -0.39 is 6.10 Å². The molecule has 0 spiro atoms. The van der Waals surface area contributed by atoms with Crippen LogP contribution in [0.5, 0.6) is 5.75 Å². The molecule has 0 aliphatic carbocycles. The van der Waals surface area contributed by atoms with Crippen molar-refractivity contribution in [2.75, 3.05) is 45.3 Å². The molecule has 1 heterocycles. The van der Waals surface area contributed by atoms with Crippen LogP contribution in [-0.2, 0) is 16.0 Å². The zero-order valence-electron chi connectivity index (χ0n) is 16.3. The number of carbonyl (C=O) groups is 1. The van der Waals surface area contributed by atoms with Crippen LogP contribution in [0.3, 0.4) is 0 Å². The normalized spacial score (nSPS) is 15.8. The van der Waals surface area contributed by atoms with E-state index in [0.29, 0.717) is 12.8 Å². The van der Waals surface area contributed by atoms with Crippen LogP contribution in [0.1, 0.15) is 23.7 Å². The highest BCUT2D eigenvalue weighted by molar-refractivity contribution is 5.92. The Morgan fingerprint density at radius 1 is 1.14 bits per heavy atom. The van der Waals surface area contributed by atoms with E-state index in [1.165, 1.54) is 0 Å². The van der Waals surface area contributed by atoms with E-state index in [4.69, 9.17) is 9.47 Å². The van der Waals surface area contributed by atoms with Gasteiger partial charge in [0, 0.05) is 25.3 Å². The van der Waals surface area contributed by atoms with Crippen molar-refractivity contribution in [3.8, 4) is 5.75 Å². The van der Waals surface area contributed by atoms with E-state index in [-0.39, 0.29) is 5.91 Å². The molecule has 1 amide bonds. The van der Waals surface area contributed by atoms with Crippen LogP contribution in [-0.4, -0.2) is 55.9 Å². The standard InChI is InChI=1S/C22H28N2O4/c1-27-20-8-2-17(3-9-20)16-22(26)23-19-6-4-18(5-7-19)21(25)10-11-24-12-14-28-15-13-24/h2-9,21,25H,10-16H2,1H3,(H,23,26). The molecule has 1 saturated heterocycles. The number of methoxy groups -OCH3 is 1. The van der Waals surface area contributed by atoms with E-state index >= 15 is 0 Å². The lowest BCUT2D eigenvalue weighted by molar-refractivity contribution is -0.115. The largest absolute Gasteiger partial charge is 0.497 e. The van der Waals surface area contributed by atoms with Crippen molar-refractivity contribution in [2.24, 2.45) is 0 Å². The van der Waals surface area contributed by atoms with Gasteiger partial charge in [-0.3, -0.25) is 9.69 Å². The number of benzene rings is 2. The summed E-state index contributed by atoms with van der Waals surface area (Å²) in [6.45, 7) is 4.23. The number of nitrogens with zero attached hydrogens (tertiary/aromatic N) is 1. The van der Waals surface area contributed by atoms with Crippen molar-refractivity contribution in [3.63, 3.8) is 0 Å². The summed E-state index contributed by atoms with van der Waals surface area (Å²) in [5, 5.41) is 13.3. The van der Waals surface area contributed by atoms with E-state index in [1.54, 1.807) is 7.11 Å². The molecule has 1 aliphatic rings. The predicted molar refractivity (Wildman–Crippen MR) is 109 cm³/mol. The summed E-state index contributed by atoms with van der Waals surface area (Å²) in [6, 6.07) is 14.8. The first-order chi connectivity index (χ1) is 13.6. The lowest BCUT2D eigenvalue weighted by Gasteiger charge is -2.27. The Morgan fingerprint density at radius 3 is 2.46 bits per heavy atom. The number of amides is 1. The maximum Gasteiger partial charge on any atom is 0.228 e. The lowest BCUT2D eigenvalue weighted by Crippen LogP contribution is -2.37. The third-order valence-corrected chi connectivity index (χ3v) is 4.93. The fourth-order valence-electron chi connectivity index (χ4n) is 3.22. The van der Waals surface area contributed by atoms with Crippen LogP contribution in [0.4, 0.5) is 5.69 Å². The molecule has 1 aliphatic heterocycles. The van der Waals surface area contributed by atoms with Crippen LogP contribution in [0.25, 0.3) is 0 Å². The number of rotatable bonds is 8. The van der Waals surface area contributed by atoms with Gasteiger partial charge in [0.05, 0.1) is 32.8 Å². The summed E-state index contributed by atoms with van der Waals surface area (Å²) < 4.78 is 10.5. The molecule has 28 heavy (non-hydrogen) atoms. The minimum Gasteiger partial charge on any atom is -0.497 e. The molecule has 6 heteroatoms. The molecule has 0 radical (unpaired) electrons. The summed E-state index contributed by atoms with van der Waals surface area (Å²) >= 11 is 0. The van der Waals surface area contributed by atoms with Gasteiger partial charge >= 0.3 is 0 Å². The molecular weight excluding hydrogens is 356 g/mol. The quantitative estimate of drug-likeness (QED) is 0.732. The SMILES string of the molecule is COc1ccc(CC(=O)Nc2ccc(C(O)CCN3CCOCC3)cc2)cc1. The number of carbonyl (C=O) groups excluding carboxylic acids is 1. The summed E-state index contributed by atoms with van der Waals surface area (Å²) in [5.74, 6) is 0.692. The van der Waals surface area contributed by atoms with Gasteiger partial charge in [-0.1, -0.05) is 24.3 Å². The van der Waals surface area contributed by atoms with Gasteiger partial charge < -0.3 is 19.9 Å². The zero-order chi connectivity index (χ0) is 19.8. The average Bonchev–Trinajstić information content (AvgIpc) is 2.74. The number of aliphatic hydroxyl groups is 1. The third-order valence-electron chi connectivity index (χ3n) is 4.93. The first kappa shape index (κ1) is 20.3. The molecule has 150 valence electrons. The molecule has 0 saturated carbocycles. The van der Waals surface area contributed by atoms with Crippen molar-refractivity contribution >= 4 is 11.6 Å². The molecule has 2 N–H and O–H groups in total. The number of hydrogen-bond donors (Lipinski definition) is 2. The number of ether oxygens (including phenoxy) is 2. The Labute approximate surface area is 166 Å². The van der Waals surface area contributed by atoms with E-state index in [2.05, 4.69) is 10.2 Å². The zero-order valence-corrected chi connectivity index (χ0v) is 16.3. The fraction of sp³-hybridized carbons (Fsp3) is 0.409. The number of anilines is 1. The summed E-state index contributed by atoms with van der Waals surface area (Å²) in [6.07, 6.45) is 0.476. The molecule has 1 unspecified atom stereocenters. The molecular formula is C22H28N2O4. The Balaban J connectivity index is 1.46. The minimum absolute atomic E-state index is 0.0780. The molecule has 1 fully saturated rings. The van der Waals surface area contributed by atoms with E-state index in [0.717, 1.165) is 55.4 Å². The van der Waals surface area contributed by atoms with Gasteiger partial charge in [0.15, 0.2) is 0 Å². The smallest absolute Gasteiger partial charge is 0.228 e. The predicted octanol–water partition coefficient (Wildman–Crippen LogP) is 2.63. The Hall–Kier alpha value is -2.41. The molecule has 0 bridgehead atoms. The van der Waals surface area contributed by atoms with Gasteiger partial charge in [-0.05, 0) is 41.8 Å². The van der Waals surface area contributed by atoms with Crippen molar-refractivity contribution in [3.05, 3.63) is 59.7 Å². The van der Waals surface area contributed by atoms with E-state index in [9.17, 15) is 9.90 Å². The van der Waals surface area contributed by atoms with Crippen molar-refractivity contribution < 1.29 is 19.4 Å². The van der Waals surface area contributed by atoms with Gasteiger partial charge in [-0.25, -0.2) is 0 Å². The second-order valence-corrected chi connectivity index (χ2v) is 6.95. The van der Waals surface area contributed by atoms with Crippen LogP contribution in [0.15, 0.2) is 48.5 Å². The Kier molecular flexibility index (Phi) is 7.42. The second kappa shape index (κ2) is 10.2. The van der Waals surface area contributed by atoms with Crippen molar-refractivity contribution in [2.45, 2.75) is 18.9 Å². The van der Waals surface area contributed by atoms with Crippen LogP contribution in [0, 0.1) is 0 Å². The van der Waals surface area contributed by atoms with Crippen LogP contribution >= 0.6 is 0 Å². The van der Waals surface area contributed by atoms with Crippen molar-refractivity contribution in [1.82, 2.24) is 4.90 Å². The first-order valence-electron chi connectivity index (χ1n) is 9.65. The Bertz CT molecular complexity index is 740. The number of morpholine rings is 1. The highest BCUT2D eigenvalue weighted by Gasteiger charge is 2.14. The van der Waals surface area contributed by atoms with Gasteiger partial charge in [0.25, 0.3) is 0 Å². The van der Waals surface area contributed by atoms with Gasteiger partial charge in [-0.2, -0.15) is 0 Å². The second-order valence-electron chi connectivity index (χ2n) is 6.95. The summed E-state index contributed by atoms with van der Waals surface area (Å²) in [5.41, 5.74) is 2.51. The van der Waals surface area contributed by atoms with Gasteiger partial charge in [-0.15, -0.1) is 0 Å². The van der Waals surface area contributed by atoms with E-state index in [1.807, 2.05) is 48.5 Å². The number of aliphatic hydroxyl groups excluding tert-OH is 1. The molecule has 2 aromatic rings.